The minimum Gasteiger partial charge on any atom is -0.356 e. The van der Waals surface area contributed by atoms with Crippen LogP contribution in [0.5, 0.6) is 0 Å². The van der Waals surface area contributed by atoms with Crippen molar-refractivity contribution in [3.63, 3.8) is 0 Å². The number of fused-ring (bicyclic) bond motifs is 1. The summed E-state index contributed by atoms with van der Waals surface area (Å²) in [6, 6.07) is 10.3. The van der Waals surface area contributed by atoms with E-state index in [1.54, 1.807) is 0 Å². The third-order valence-corrected chi connectivity index (χ3v) is 4.46. The lowest BCUT2D eigenvalue weighted by Gasteiger charge is -2.18. The van der Waals surface area contributed by atoms with Crippen LogP contribution in [0.2, 0.25) is 0 Å². The summed E-state index contributed by atoms with van der Waals surface area (Å²) in [5, 5.41) is 4.13. The SMILES string of the molecule is Cc1ncccc1-c1cc2cccnc2n1CCCNC(=O)C(C)(C)C. The number of hydrogen-bond acceptors (Lipinski definition) is 3. The fourth-order valence-corrected chi connectivity index (χ4v) is 3.00. The van der Waals surface area contributed by atoms with Gasteiger partial charge < -0.3 is 9.88 Å². The number of carbonyl (C=O) groups excluding carboxylic acids is 1. The molecule has 0 aliphatic carbocycles. The average Bonchev–Trinajstić information content (AvgIpc) is 2.96. The van der Waals surface area contributed by atoms with Gasteiger partial charge in [-0.05, 0) is 43.7 Å². The summed E-state index contributed by atoms with van der Waals surface area (Å²) in [4.78, 5) is 21.0. The van der Waals surface area contributed by atoms with Crippen molar-refractivity contribution in [3.05, 3.63) is 48.4 Å². The van der Waals surface area contributed by atoms with Crippen LogP contribution in [0.15, 0.2) is 42.7 Å². The number of pyridine rings is 2. The molecule has 136 valence electrons. The normalized spacial score (nSPS) is 11.7. The van der Waals surface area contributed by atoms with Crippen LogP contribution in [-0.4, -0.2) is 27.0 Å². The van der Waals surface area contributed by atoms with Crippen LogP contribution in [0.3, 0.4) is 0 Å². The monoisotopic (exact) mass is 350 g/mol. The van der Waals surface area contributed by atoms with Gasteiger partial charge in [0.2, 0.25) is 5.91 Å². The largest absolute Gasteiger partial charge is 0.356 e. The highest BCUT2D eigenvalue weighted by Crippen LogP contribution is 2.28. The molecule has 0 aliphatic heterocycles. The molecule has 0 radical (unpaired) electrons. The van der Waals surface area contributed by atoms with Crippen molar-refractivity contribution in [3.8, 4) is 11.3 Å². The lowest BCUT2D eigenvalue weighted by molar-refractivity contribution is -0.128. The van der Waals surface area contributed by atoms with Crippen molar-refractivity contribution in [1.82, 2.24) is 19.9 Å². The van der Waals surface area contributed by atoms with Crippen molar-refractivity contribution >= 4 is 16.9 Å². The fraction of sp³-hybridized carbons (Fsp3) is 0.381. The predicted octanol–water partition coefficient (Wildman–Crippen LogP) is 3.96. The van der Waals surface area contributed by atoms with Gasteiger partial charge >= 0.3 is 0 Å². The molecule has 0 aliphatic rings. The van der Waals surface area contributed by atoms with E-state index in [9.17, 15) is 4.79 Å². The van der Waals surface area contributed by atoms with E-state index in [2.05, 4.69) is 38.1 Å². The van der Waals surface area contributed by atoms with Gasteiger partial charge in [-0.1, -0.05) is 20.8 Å². The van der Waals surface area contributed by atoms with E-state index in [-0.39, 0.29) is 11.3 Å². The molecule has 0 aromatic carbocycles. The number of aryl methyl sites for hydroxylation is 2. The molecule has 3 aromatic rings. The van der Waals surface area contributed by atoms with Crippen LogP contribution in [0.4, 0.5) is 0 Å². The Bertz CT molecular complexity index is 921. The lowest BCUT2D eigenvalue weighted by atomic mass is 9.96. The van der Waals surface area contributed by atoms with E-state index in [4.69, 9.17) is 0 Å². The molecule has 1 N–H and O–H groups in total. The van der Waals surface area contributed by atoms with Gasteiger partial charge in [0.05, 0.1) is 5.69 Å². The second kappa shape index (κ2) is 7.28. The third-order valence-electron chi connectivity index (χ3n) is 4.46. The number of aromatic nitrogens is 3. The van der Waals surface area contributed by atoms with Crippen molar-refractivity contribution in [2.24, 2.45) is 5.41 Å². The topological polar surface area (TPSA) is 59.8 Å². The van der Waals surface area contributed by atoms with Gasteiger partial charge in [0, 0.05) is 47.5 Å². The molecule has 0 atom stereocenters. The minimum absolute atomic E-state index is 0.0799. The van der Waals surface area contributed by atoms with Gasteiger partial charge in [-0.15, -0.1) is 0 Å². The Morgan fingerprint density at radius 1 is 1.15 bits per heavy atom. The van der Waals surface area contributed by atoms with Crippen LogP contribution in [-0.2, 0) is 11.3 Å². The zero-order valence-electron chi connectivity index (χ0n) is 15.9. The zero-order valence-corrected chi connectivity index (χ0v) is 15.9. The van der Waals surface area contributed by atoms with Crippen molar-refractivity contribution in [2.75, 3.05) is 6.54 Å². The first kappa shape index (κ1) is 18.1. The molecule has 5 nitrogen and oxygen atoms in total. The second-order valence-electron chi connectivity index (χ2n) is 7.59. The quantitative estimate of drug-likeness (QED) is 0.709. The molecule has 3 aromatic heterocycles. The van der Waals surface area contributed by atoms with E-state index in [1.807, 2.05) is 52.2 Å². The standard InChI is InChI=1S/C21H26N4O/c1-15-17(9-6-10-22-15)18-14-16-8-5-11-23-19(16)25(18)13-7-12-24-20(26)21(2,3)4/h5-6,8-11,14H,7,12-13H2,1-4H3,(H,24,26). The third kappa shape index (κ3) is 3.77. The molecule has 26 heavy (non-hydrogen) atoms. The Morgan fingerprint density at radius 3 is 2.62 bits per heavy atom. The second-order valence-corrected chi connectivity index (χ2v) is 7.59. The zero-order chi connectivity index (χ0) is 18.7. The summed E-state index contributed by atoms with van der Waals surface area (Å²) in [5.74, 6) is 0.0799. The highest BCUT2D eigenvalue weighted by Gasteiger charge is 2.20. The van der Waals surface area contributed by atoms with Gasteiger partial charge in [-0.25, -0.2) is 4.98 Å². The fourth-order valence-electron chi connectivity index (χ4n) is 3.00. The number of amides is 1. The summed E-state index contributed by atoms with van der Waals surface area (Å²) < 4.78 is 2.22. The van der Waals surface area contributed by atoms with E-state index >= 15 is 0 Å². The Hall–Kier alpha value is -2.69. The van der Waals surface area contributed by atoms with E-state index in [1.165, 1.54) is 0 Å². The van der Waals surface area contributed by atoms with Crippen molar-refractivity contribution in [2.45, 2.75) is 40.7 Å². The van der Waals surface area contributed by atoms with Crippen LogP contribution in [0.25, 0.3) is 22.3 Å². The van der Waals surface area contributed by atoms with Crippen molar-refractivity contribution in [1.29, 1.82) is 0 Å². The lowest BCUT2D eigenvalue weighted by Crippen LogP contribution is -2.35. The molecule has 0 fully saturated rings. The van der Waals surface area contributed by atoms with Crippen LogP contribution in [0, 0.1) is 12.3 Å². The Kier molecular flexibility index (Phi) is 5.07. The van der Waals surface area contributed by atoms with E-state index in [0.29, 0.717) is 6.54 Å². The molecule has 0 saturated carbocycles. The number of rotatable bonds is 5. The van der Waals surface area contributed by atoms with Crippen molar-refractivity contribution < 1.29 is 4.79 Å². The Labute approximate surface area is 154 Å². The first-order valence-electron chi connectivity index (χ1n) is 9.02. The van der Waals surface area contributed by atoms with Gasteiger partial charge in [0.25, 0.3) is 0 Å². The molecule has 0 unspecified atom stereocenters. The first-order valence-corrected chi connectivity index (χ1v) is 9.02. The van der Waals surface area contributed by atoms with E-state index in [0.717, 1.165) is 41.0 Å². The molecule has 3 heterocycles. The maximum Gasteiger partial charge on any atom is 0.225 e. The van der Waals surface area contributed by atoms with Crippen LogP contribution < -0.4 is 5.32 Å². The first-order chi connectivity index (χ1) is 12.4. The van der Waals surface area contributed by atoms with Gasteiger partial charge in [-0.2, -0.15) is 0 Å². The van der Waals surface area contributed by atoms with E-state index < -0.39 is 0 Å². The van der Waals surface area contributed by atoms with Gasteiger partial charge in [0.1, 0.15) is 5.65 Å². The predicted molar refractivity (Wildman–Crippen MR) is 105 cm³/mol. The summed E-state index contributed by atoms with van der Waals surface area (Å²) in [6.45, 7) is 9.23. The summed E-state index contributed by atoms with van der Waals surface area (Å²) in [6.07, 6.45) is 4.47. The van der Waals surface area contributed by atoms with Gasteiger partial charge in [0.15, 0.2) is 0 Å². The van der Waals surface area contributed by atoms with Gasteiger partial charge in [-0.3, -0.25) is 9.78 Å². The summed E-state index contributed by atoms with van der Waals surface area (Å²) >= 11 is 0. The van der Waals surface area contributed by atoms with Crippen LogP contribution >= 0.6 is 0 Å². The molecule has 5 heteroatoms. The molecule has 0 saturated heterocycles. The van der Waals surface area contributed by atoms with Crippen LogP contribution in [0.1, 0.15) is 32.9 Å². The molecule has 0 bridgehead atoms. The highest BCUT2D eigenvalue weighted by molar-refractivity contribution is 5.84. The number of nitrogens with zero attached hydrogens (tertiary/aromatic N) is 3. The Morgan fingerprint density at radius 2 is 1.88 bits per heavy atom. The number of carbonyl (C=O) groups is 1. The average molecular weight is 350 g/mol. The number of hydrogen-bond donors (Lipinski definition) is 1. The molecule has 1 amide bonds. The minimum atomic E-state index is -0.361. The Balaban J connectivity index is 1.84. The smallest absolute Gasteiger partial charge is 0.225 e. The maximum absolute atomic E-state index is 12.0. The molecular formula is C21H26N4O. The molecule has 3 rings (SSSR count). The highest BCUT2D eigenvalue weighted by atomic mass is 16.2. The summed E-state index contributed by atoms with van der Waals surface area (Å²) in [5.41, 5.74) is 3.83. The summed E-state index contributed by atoms with van der Waals surface area (Å²) in [7, 11) is 0. The molecular weight excluding hydrogens is 324 g/mol. The molecule has 0 spiro atoms. The maximum atomic E-state index is 12.0. The number of nitrogens with one attached hydrogen (secondary N) is 1.